The maximum atomic E-state index is 4.70. The topological polar surface area (TPSA) is 29.6 Å². The lowest BCUT2D eigenvalue weighted by atomic mass is 10.2. The Morgan fingerprint density at radius 1 is 1.08 bits per heavy atom. The van der Waals surface area contributed by atoms with Crippen molar-refractivity contribution >= 4 is 29.3 Å². The molecule has 1 aromatic heterocycles. The minimum absolute atomic E-state index is 0.665. The summed E-state index contributed by atoms with van der Waals surface area (Å²) in [4.78, 5) is 6.87. The molecule has 0 saturated heterocycles. The lowest BCUT2D eigenvalue weighted by Gasteiger charge is -2.00. The van der Waals surface area contributed by atoms with Crippen molar-refractivity contribution in [3.05, 3.63) is 81.6 Å². The van der Waals surface area contributed by atoms with Gasteiger partial charge in [0.1, 0.15) is 0 Å². The van der Waals surface area contributed by atoms with Gasteiger partial charge in [-0.05, 0) is 36.4 Å². The highest BCUT2D eigenvalue weighted by Crippen LogP contribution is 2.14. The quantitative estimate of drug-likeness (QED) is 0.488. The van der Waals surface area contributed by atoms with Gasteiger partial charge in [-0.15, -0.1) is 23.1 Å². The fourth-order valence-corrected chi connectivity index (χ4v) is 3.40. The minimum atomic E-state index is 0.665. The highest BCUT2D eigenvalue weighted by atomic mass is 32.2. The number of hydrogen-bond donors (Lipinski definition) is 0. The van der Waals surface area contributed by atoms with Gasteiger partial charge >= 0.3 is 0 Å². The van der Waals surface area contributed by atoms with Crippen molar-refractivity contribution in [1.29, 1.82) is 0 Å². The van der Waals surface area contributed by atoms with Crippen LogP contribution in [0.5, 0.6) is 0 Å². The van der Waals surface area contributed by atoms with Crippen LogP contribution in [0.3, 0.4) is 0 Å². The smallest absolute Gasteiger partial charge is 0.206 e. The first-order valence-corrected chi connectivity index (χ1v) is 9.76. The largest absolute Gasteiger partial charge is 0.253 e. The first-order chi connectivity index (χ1) is 11.8. The van der Waals surface area contributed by atoms with E-state index in [9.17, 15) is 0 Å². The van der Waals surface area contributed by atoms with Crippen LogP contribution in [0.15, 0.2) is 75.0 Å². The van der Waals surface area contributed by atoms with Crippen LogP contribution >= 0.6 is 23.1 Å². The normalized spacial score (nSPS) is 12.2. The van der Waals surface area contributed by atoms with E-state index in [4.69, 9.17) is 4.99 Å². The Labute approximate surface area is 150 Å². The summed E-state index contributed by atoms with van der Waals surface area (Å²) < 4.78 is 1.90. The Morgan fingerprint density at radius 3 is 2.54 bits per heavy atom. The van der Waals surface area contributed by atoms with E-state index in [2.05, 4.69) is 53.1 Å². The fraction of sp³-hybridized carbons (Fsp3) is 0.158. The maximum Gasteiger partial charge on any atom is 0.206 e. The van der Waals surface area contributed by atoms with Gasteiger partial charge in [0.2, 0.25) is 4.80 Å². The molecule has 122 valence electrons. The molecule has 5 heteroatoms. The predicted molar refractivity (Wildman–Crippen MR) is 104 cm³/mol. The van der Waals surface area contributed by atoms with E-state index in [0.717, 1.165) is 16.1 Å². The van der Waals surface area contributed by atoms with Crippen molar-refractivity contribution in [2.45, 2.75) is 18.4 Å². The highest BCUT2D eigenvalue weighted by molar-refractivity contribution is 7.98. The molecule has 0 atom stereocenters. The molecule has 3 nitrogen and oxygen atoms in total. The molecule has 0 unspecified atom stereocenters. The zero-order chi connectivity index (χ0) is 16.8. The van der Waals surface area contributed by atoms with E-state index in [1.165, 1.54) is 10.5 Å². The molecule has 2 aromatic carbocycles. The molecular weight excluding hydrogens is 334 g/mol. The number of aryl methyl sites for hydroxylation is 1. The third-order valence-electron chi connectivity index (χ3n) is 3.53. The number of hydrogen-bond acceptors (Lipinski definition) is 4. The average Bonchev–Trinajstić information content (AvgIpc) is 2.99. The molecule has 0 bridgehead atoms. The van der Waals surface area contributed by atoms with Crippen molar-refractivity contribution in [2.24, 2.45) is 10.1 Å². The first-order valence-electron chi connectivity index (χ1n) is 7.66. The van der Waals surface area contributed by atoms with Crippen molar-refractivity contribution < 1.29 is 0 Å². The van der Waals surface area contributed by atoms with E-state index in [1.807, 2.05) is 36.0 Å². The molecule has 0 aliphatic rings. The zero-order valence-electron chi connectivity index (χ0n) is 13.7. The molecule has 0 N–H and O–H groups in total. The van der Waals surface area contributed by atoms with Crippen LogP contribution in [0.2, 0.25) is 0 Å². The fourth-order valence-electron chi connectivity index (χ4n) is 2.19. The van der Waals surface area contributed by atoms with Gasteiger partial charge in [-0.3, -0.25) is 4.99 Å². The standard InChI is InChI=1S/C19H19N3S2/c1-15-14-24-19(20-12-16-6-4-3-5-7-16)22(15)21-13-17-8-10-18(23-2)11-9-17/h3-11,13-14H,12H2,1-2H3. The van der Waals surface area contributed by atoms with Gasteiger partial charge in [0, 0.05) is 10.3 Å². The van der Waals surface area contributed by atoms with Crippen LogP contribution in [-0.4, -0.2) is 17.1 Å². The predicted octanol–water partition coefficient (Wildman–Crippen LogP) is 4.56. The van der Waals surface area contributed by atoms with Crippen molar-refractivity contribution in [3.8, 4) is 0 Å². The third kappa shape index (κ3) is 4.24. The molecule has 0 radical (unpaired) electrons. The summed E-state index contributed by atoms with van der Waals surface area (Å²) in [5.74, 6) is 0. The number of thioether (sulfide) groups is 1. The Kier molecular flexibility index (Phi) is 5.67. The van der Waals surface area contributed by atoms with E-state index in [1.54, 1.807) is 23.1 Å². The summed E-state index contributed by atoms with van der Waals surface area (Å²) in [7, 11) is 0. The van der Waals surface area contributed by atoms with E-state index < -0.39 is 0 Å². The molecule has 0 aliphatic heterocycles. The van der Waals surface area contributed by atoms with Gasteiger partial charge in [-0.25, -0.2) is 4.68 Å². The van der Waals surface area contributed by atoms with Crippen LogP contribution in [0.25, 0.3) is 0 Å². The van der Waals surface area contributed by atoms with Gasteiger partial charge in [-0.1, -0.05) is 42.5 Å². The molecule has 0 spiro atoms. The van der Waals surface area contributed by atoms with Crippen LogP contribution in [0.4, 0.5) is 0 Å². The van der Waals surface area contributed by atoms with Crippen LogP contribution in [0.1, 0.15) is 16.8 Å². The monoisotopic (exact) mass is 353 g/mol. The van der Waals surface area contributed by atoms with Crippen molar-refractivity contribution in [2.75, 3.05) is 6.26 Å². The SMILES string of the molecule is CSc1ccc(C=Nn2c(C)csc2=NCc2ccccc2)cc1. The molecule has 0 aliphatic carbocycles. The Morgan fingerprint density at radius 2 is 1.83 bits per heavy atom. The van der Waals surface area contributed by atoms with Crippen LogP contribution in [-0.2, 0) is 6.54 Å². The summed E-state index contributed by atoms with van der Waals surface area (Å²) in [6.45, 7) is 2.71. The van der Waals surface area contributed by atoms with Crippen LogP contribution in [0, 0.1) is 6.92 Å². The van der Waals surface area contributed by atoms with E-state index in [0.29, 0.717) is 6.54 Å². The number of benzene rings is 2. The van der Waals surface area contributed by atoms with Gasteiger partial charge in [0.25, 0.3) is 0 Å². The second-order valence-electron chi connectivity index (χ2n) is 5.29. The Bertz CT molecular complexity index is 875. The average molecular weight is 354 g/mol. The molecule has 1 heterocycles. The summed E-state index contributed by atoms with van der Waals surface area (Å²) in [6.07, 6.45) is 3.96. The Balaban J connectivity index is 1.82. The van der Waals surface area contributed by atoms with E-state index in [-0.39, 0.29) is 0 Å². The maximum absolute atomic E-state index is 4.70. The summed E-state index contributed by atoms with van der Waals surface area (Å²) >= 11 is 3.36. The van der Waals surface area contributed by atoms with Crippen molar-refractivity contribution in [3.63, 3.8) is 0 Å². The van der Waals surface area contributed by atoms with Gasteiger partial charge in [-0.2, -0.15) is 5.10 Å². The van der Waals surface area contributed by atoms with Gasteiger partial charge in [0.05, 0.1) is 18.5 Å². The summed E-state index contributed by atoms with van der Waals surface area (Å²) in [5, 5.41) is 6.69. The van der Waals surface area contributed by atoms with Crippen molar-refractivity contribution in [1.82, 2.24) is 4.68 Å². The number of rotatable bonds is 5. The first kappa shape index (κ1) is 16.7. The van der Waals surface area contributed by atoms with Gasteiger partial charge in [0.15, 0.2) is 0 Å². The lowest BCUT2D eigenvalue weighted by Crippen LogP contribution is -2.12. The van der Waals surface area contributed by atoms with E-state index >= 15 is 0 Å². The lowest BCUT2D eigenvalue weighted by molar-refractivity contribution is 0.787. The number of thiazole rings is 1. The zero-order valence-corrected chi connectivity index (χ0v) is 15.3. The molecule has 0 saturated carbocycles. The molecule has 3 aromatic rings. The molecule has 0 amide bonds. The third-order valence-corrected chi connectivity index (χ3v) is 5.24. The Hall–Kier alpha value is -2.11. The molecule has 24 heavy (non-hydrogen) atoms. The van der Waals surface area contributed by atoms with Crippen LogP contribution < -0.4 is 4.80 Å². The second kappa shape index (κ2) is 8.13. The number of aromatic nitrogens is 1. The molecule has 3 rings (SSSR count). The summed E-state index contributed by atoms with van der Waals surface area (Å²) in [6, 6.07) is 18.7. The highest BCUT2D eigenvalue weighted by Gasteiger charge is 1.99. The molecule has 0 fully saturated rings. The minimum Gasteiger partial charge on any atom is -0.253 e. The molecular formula is C19H19N3S2. The number of nitrogens with zero attached hydrogens (tertiary/aromatic N) is 3. The second-order valence-corrected chi connectivity index (χ2v) is 7.01. The van der Waals surface area contributed by atoms with Gasteiger partial charge < -0.3 is 0 Å². The summed E-state index contributed by atoms with van der Waals surface area (Å²) in [5.41, 5.74) is 3.37.